The number of rotatable bonds is 5. The van der Waals surface area contributed by atoms with Gasteiger partial charge in [-0.2, -0.15) is 0 Å². The third-order valence-electron chi connectivity index (χ3n) is 3.56. The van der Waals surface area contributed by atoms with E-state index < -0.39 is 23.9 Å². The van der Waals surface area contributed by atoms with E-state index in [1.54, 1.807) is 17.5 Å². The number of nitrogens with two attached hydrogens (primary N) is 1. The number of amides is 2. The number of carbonyl (C=O) groups is 3. The topological polar surface area (TPSA) is 98.5 Å². The van der Waals surface area contributed by atoms with Gasteiger partial charge in [-0.15, -0.1) is 11.3 Å². The molecule has 0 bridgehead atoms. The number of aryl methyl sites for hydroxylation is 2. The molecule has 0 fully saturated rings. The van der Waals surface area contributed by atoms with Crippen molar-refractivity contribution in [3.63, 3.8) is 0 Å². The van der Waals surface area contributed by atoms with Crippen LogP contribution in [0.25, 0.3) is 0 Å². The molecule has 126 valence electrons. The lowest BCUT2D eigenvalue weighted by molar-refractivity contribution is -0.123. The van der Waals surface area contributed by atoms with Gasteiger partial charge >= 0.3 is 5.97 Å². The van der Waals surface area contributed by atoms with Gasteiger partial charge in [0.25, 0.3) is 11.8 Å². The Morgan fingerprint density at radius 1 is 1.17 bits per heavy atom. The highest BCUT2D eigenvalue weighted by Crippen LogP contribution is 2.23. The number of anilines is 1. The number of primary amides is 1. The lowest BCUT2D eigenvalue weighted by Gasteiger charge is -2.14. The molecular weight excluding hydrogens is 328 g/mol. The summed E-state index contributed by atoms with van der Waals surface area (Å²) in [6.07, 6.45) is -1.01. The Labute approximate surface area is 143 Å². The molecule has 1 heterocycles. The zero-order valence-corrected chi connectivity index (χ0v) is 14.4. The number of ether oxygens (including phenoxy) is 1. The fraction of sp³-hybridized carbons (Fsp3) is 0.235. The third-order valence-corrected chi connectivity index (χ3v) is 4.39. The van der Waals surface area contributed by atoms with E-state index >= 15 is 0 Å². The molecule has 1 aromatic heterocycles. The first kappa shape index (κ1) is 17.7. The average molecular weight is 346 g/mol. The molecule has 7 heteroatoms. The molecule has 0 aliphatic heterocycles. The number of thiophene rings is 1. The quantitative estimate of drug-likeness (QED) is 0.813. The second kappa shape index (κ2) is 7.27. The zero-order valence-electron chi connectivity index (χ0n) is 13.6. The highest BCUT2D eigenvalue weighted by atomic mass is 32.1. The van der Waals surface area contributed by atoms with E-state index in [1.165, 1.54) is 24.3 Å². The first-order valence-corrected chi connectivity index (χ1v) is 8.14. The first-order valence-electron chi connectivity index (χ1n) is 7.26. The Hall–Kier alpha value is -2.67. The van der Waals surface area contributed by atoms with Crippen LogP contribution in [0.2, 0.25) is 0 Å². The van der Waals surface area contributed by atoms with Crippen LogP contribution in [-0.2, 0) is 9.53 Å². The van der Waals surface area contributed by atoms with Crippen LogP contribution in [0, 0.1) is 13.8 Å². The van der Waals surface area contributed by atoms with Gasteiger partial charge in [0.2, 0.25) is 0 Å². The van der Waals surface area contributed by atoms with Gasteiger partial charge in [0.15, 0.2) is 6.10 Å². The number of hydrogen-bond donors (Lipinski definition) is 2. The van der Waals surface area contributed by atoms with Gasteiger partial charge in [-0.25, -0.2) is 4.79 Å². The maximum absolute atomic E-state index is 12.1. The molecule has 1 atom stereocenters. The molecule has 2 aromatic rings. The van der Waals surface area contributed by atoms with Crippen molar-refractivity contribution in [1.29, 1.82) is 0 Å². The highest BCUT2D eigenvalue weighted by molar-refractivity contribution is 7.14. The highest BCUT2D eigenvalue weighted by Gasteiger charge is 2.21. The van der Waals surface area contributed by atoms with Gasteiger partial charge in [-0.05, 0) is 55.5 Å². The summed E-state index contributed by atoms with van der Waals surface area (Å²) < 4.78 is 5.18. The lowest BCUT2D eigenvalue weighted by atomic mass is 10.1. The normalized spacial score (nSPS) is 11.6. The van der Waals surface area contributed by atoms with E-state index in [2.05, 4.69) is 5.32 Å². The van der Waals surface area contributed by atoms with Crippen LogP contribution in [0.5, 0.6) is 0 Å². The number of benzene rings is 1. The van der Waals surface area contributed by atoms with E-state index in [0.29, 0.717) is 10.6 Å². The third kappa shape index (κ3) is 3.99. The van der Waals surface area contributed by atoms with Crippen molar-refractivity contribution in [2.24, 2.45) is 5.73 Å². The standard InChI is InChI=1S/C17H18N2O4S/c1-9-4-5-12(8-10(9)2)17(22)23-11(3)15(21)19-16-13(14(18)20)6-7-24-16/h4-8,11H,1-3H3,(H2,18,20)(H,19,21)/t11-/m1/s1. The molecule has 0 unspecified atom stereocenters. The molecule has 0 radical (unpaired) electrons. The van der Waals surface area contributed by atoms with Crippen molar-refractivity contribution in [2.45, 2.75) is 26.9 Å². The van der Waals surface area contributed by atoms with Crippen molar-refractivity contribution < 1.29 is 19.1 Å². The molecule has 1 aromatic carbocycles. The fourth-order valence-corrected chi connectivity index (χ4v) is 2.76. The predicted octanol–water partition coefficient (Wildman–Crippen LogP) is 2.65. The molecule has 24 heavy (non-hydrogen) atoms. The minimum Gasteiger partial charge on any atom is -0.449 e. The summed E-state index contributed by atoms with van der Waals surface area (Å²) in [5.74, 6) is -1.74. The summed E-state index contributed by atoms with van der Waals surface area (Å²) in [5.41, 5.74) is 7.86. The van der Waals surface area contributed by atoms with Gasteiger partial charge in [0, 0.05) is 0 Å². The molecule has 2 rings (SSSR count). The van der Waals surface area contributed by atoms with Crippen molar-refractivity contribution in [1.82, 2.24) is 0 Å². The smallest absolute Gasteiger partial charge is 0.338 e. The molecule has 0 aliphatic carbocycles. The zero-order chi connectivity index (χ0) is 17.9. The summed E-state index contributed by atoms with van der Waals surface area (Å²) in [7, 11) is 0. The van der Waals surface area contributed by atoms with E-state index in [1.807, 2.05) is 19.9 Å². The van der Waals surface area contributed by atoms with Crippen molar-refractivity contribution in [2.75, 3.05) is 5.32 Å². The summed E-state index contributed by atoms with van der Waals surface area (Å²) in [6.45, 7) is 5.30. The average Bonchev–Trinajstić information content (AvgIpc) is 2.98. The minimum atomic E-state index is -1.01. The second-order valence-electron chi connectivity index (χ2n) is 5.36. The molecule has 6 nitrogen and oxygen atoms in total. The maximum atomic E-state index is 12.1. The fourth-order valence-electron chi connectivity index (χ4n) is 1.96. The number of esters is 1. The van der Waals surface area contributed by atoms with Crippen LogP contribution in [0.4, 0.5) is 5.00 Å². The van der Waals surface area contributed by atoms with Crippen LogP contribution in [0.15, 0.2) is 29.6 Å². The number of carbonyl (C=O) groups excluding carboxylic acids is 3. The SMILES string of the molecule is Cc1ccc(C(=O)O[C@H](C)C(=O)Nc2sccc2C(N)=O)cc1C. The van der Waals surface area contributed by atoms with E-state index in [0.717, 1.165) is 11.1 Å². The number of nitrogens with one attached hydrogen (secondary N) is 1. The van der Waals surface area contributed by atoms with Gasteiger partial charge in [0.05, 0.1) is 11.1 Å². The lowest BCUT2D eigenvalue weighted by Crippen LogP contribution is -2.30. The van der Waals surface area contributed by atoms with Crippen molar-refractivity contribution in [3.05, 3.63) is 51.9 Å². The summed E-state index contributed by atoms with van der Waals surface area (Å²) >= 11 is 1.17. The number of hydrogen-bond acceptors (Lipinski definition) is 5. The Bertz CT molecular complexity index is 798. The predicted molar refractivity (Wildman–Crippen MR) is 92.3 cm³/mol. The molecule has 0 aliphatic rings. The monoisotopic (exact) mass is 346 g/mol. The minimum absolute atomic E-state index is 0.223. The largest absolute Gasteiger partial charge is 0.449 e. The molecule has 0 saturated heterocycles. The van der Waals surface area contributed by atoms with Crippen LogP contribution < -0.4 is 11.1 Å². The molecule has 3 N–H and O–H groups in total. The Morgan fingerprint density at radius 3 is 2.50 bits per heavy atom. The van der Waals surface area contributed by atoms with Gasteiger partial charge in [0.1, 0.15) is 5.00 Å². The van der Waals surface area contributed by atoms with Crippen LogP contribution in [-0.4, -0.2) is 23.9 Å². The van der Waals surface area contributed by atoms with E-state index in [9.17, 15) is 14.4 Å². The van der Waals surface area contributed by atoms with Gasteiger partial charge < -0.3 is 15.8 Å². The van der Waals surface area contributed by atoms with Gasteiger partial charge in [-0.3, -0.25) is 9.59 Å². The Balaban J connectivity index is 2.03. The van der Waals surface area contributed by atoms with Crippen molar-refractivity contribution in [3.8, 4) is 0 Å². The van der Waals surface area contributed by atoms with Crippen molar-refractivity contribution >= 4 is 34.1 Å². The van der Waals surface area contributed by atoms with Crippen LogP contribution in [0.1, 0.15) is 38.8 Å². The summed E-state index contributed by atoms with van der Waals surface area (Å²) in [4.78, 5) is 35.5. The Kier molecular flexibility index (Phi) is 5.35. The van der Waals surface area contributed by atoms with Crippen LogP contribution in [0.3, 0.4) is 0 Å². The Morgan fingerprint density at radius 2 is 1.88 bits per heavy atom. The van der Waals surface area contributed by atoms with E-state index in [4.69, 9.17) is 10.5 Å². The van der Waals surface area contributed by atoms with E-state index in [-0.39, 0.29) is 5.56 Å². The molecule has 0 spiro atoms. The van der Waals surface area contributed by atoms with Gasteiger partial charge in [-0.1, -0.05) is 6.07 Å². The maximum Gasteiger partial charge on any atom is 0.338 e. The molecule has 0 saturated carbocycles. The summed E-state index contributed by atoms with van der Waals surface area (Å²) in [6, 6.07) is 6.71. The first-order chi connectivity index (χ1) is 11.3. The summed E-state index contributed by atoms with van der Waals surface area (Å²) in [5, 5.41) is 4.53. The molecular formula is C17H18N2O4S. The van der Waals surface area contributed by atoms with Crippen LogP contribution >= 0.6 is 11.3 Å². The second-order valence-corrected chi connectivity index (χ2v) is 6.28. The molecule has 2 amide bonds.